The Morgan fingerprint density at radius 2 is 1.90 bits per heavy atom. The van der Waals surface area contributed by atoms with Crippen molar-refractivity contribution in [1.29, 1.82) is 0 Å². The molecule has 0 amide bonds. The first-order valence-electron chi connectivity index (χ1n) is 11.3. The summed E-state index contributed by atoms with van der Waals surface area (Å²) in [5, 5.41) is 3.80. The fraction of sp³-hybridized carbons (Fsp3) is 0.462. The van der Waals surface area contributed by atoms with Crippen LogP contribution in [-0.4, -0.2) is 26.8 Å². The van der Waals surface area contributed by atoms with Crippen LogP contribution in [0.2, 0.25) is 0 Å². The number of rotatable bonds is 8. The molecule has 1 aliphatic heterocycles. The van der Waals surface area contributed by atoms with E-state index in [2.05, 4.69) is 38.2 Å². The molecule has 2 aromatic rings. The monoisotopic (exact) mass is 441 g/mol. The Morgan fingerprint density at radius 1 is 1.16 bits per heavy atom. The summed E-state index contributed by atoms with van der Waals surface area (Å²) in [7, 11) is -1.86. The molecule has 1 aliphatic rings. The third-order valence-corrected chi connectivity index (χ3v) is 8.23. The highest BCUT2D eigenvalue weighted by Crippen LogP contribution is 2.41. The van der Waals surface area contributed by atoms with Gasteiger partial charge in [0.25, 0.3) is 0 Å². The number of nitrogens with one attached hydrogen (secondary N) is 1. The van der Waals surface area contributed by atoms with Gasteiger partial charge in [0.05, 0.1) is 23.8 Å². The van der Waals surface area contributed by atoms with Gasteiger partial charge in [-0.05, 0) is 42.5 Å². The second kappa shape index (κ2) is 10.0. The highest BCUT2D eigenvalue weighted by Gasteiger charge is 2.42. The van der Waals surface area contributed by atoms with Gasteiger partial charge in [-0.1, -0.05) is 76.1 Å². The molecule has 0 saturated heterocycles. The third-order valence-electron chi connectivity index (χ3n) is 6.28. The molecule has 2 atom stereocenters. The lowest BCUT2D eigenvalue weighted by Crippen LogP contribution is -2.50. The normalized spacial score (nSPS) is 22.8. The summed E-state index contributed by atoms with van der Waals surface area (Å²) in [6, 6.07) is 13.6. The third kappa shape index (κ3) is 5.04. The Hall–Kier alpha value is -2.11. The zero-order valence-electron chi connectivity index (χ0n) is 19.1. The van der Waals surface area contributed by atoms with Gasteiger partial charge < -0.3 is 4.74 Å². The molecule has 1 heterocycles. The van der Waals surface area contributed by atoms with Gasteiger partial charge in [0.1, 0.15) is 5.75 Å². The second-order valence-electron chi connectivity index (χ2n) is 8.43. The van der Waals surface area contributed by atoms with Gasteiger partial charge in [-0.2, -0.15) is 0 Å². The van der Waals surface area contributed by atoms with E-state index >= 15 is 0 Å². The first-order valence-corrected chi connectivity index (χ1v) is 13.0. The molecule has 0 aromatic heterocycles. The maximum absolute atomic E-state index is 13.7. The molecule has 1 N–H and O–H groups in total. The van der Waals surface area contributed by atoms with Gasteiger partial charge in [0.15, 0.2) is 9.84 Å². The topological polar surface area (TPSA) is 55.4 Å². The molecule has 0 fully saturated rings. The number of hydrogen-bond acceptors (Lipinski definition) is 4. The Kier molecular flexibility index (Phi) is 7.60. The predicted molar refractivity (Wildman–Crippen MR) is 128 cm³/mol. The lowest BCUT2D eigenvalue weighted by molar-refractivity contribution is 0.294. The van der Waals surface area contributed by atoms with Crippen LogP contribution in [0.1, 0.15) is 75.6 Å². The lowest BCUT2D eigenvalue weighted by atomic mass is 9.88. The van der Waals surface area contributed by atoms with E-state index < -0.39 is 15.4 Å². The fourth-order valence-corrected chi connectivity index (χ4v) is 6.61. The number of hydrogen-bond donors (Lipinski definition) is 1. The van der Waals surface area contributed by atoms with Crippen molar-refractivity contribution in [3.63, 3.8) is 0 Å². The van der Waals surface area contributed by atoms with E-state index in [-0.39, 0.29) is 11.8 Å². The van der Waals surface area contributed by atoms with Gasteiger partial charge in [0.2, 0.25) is 0 Å². The minimum absolute atomic E-state index is 0.107. The molecule has 0 spiro atoms. The predicted octanol–water partition coefficient (Wildman–Crippen LogP) is 5.92. The summed E-state index contributed by atoms with van der Waals surface area (Å²) < 4.78 is 33.1. The van der Waals surface area contributed by atoms with Gasteiger partial charge in [0, 0.05) is 11.1 Å². The van der Waals surface area contributed by atoms with Crippen LogP contribution >= 0.6 is 0 Å². The van der Waals surface area contributed by atoms with Crippen LogP contribution in [0.15, 0.2) is 53.4 Å². The molecule has 31 heavy (non-hydrogen) atoms. The van der Waals surface area contributed by atoms with Gasteiger partial charge >= 0.3 is 0 Å². The van der Waals surface area contributed by atoms with E-state index in [0.29, 0.717) is 10.6 Å². The van der Waals surface area contributed by atoms with Crippen molar-refractivity contribution in [2.75, 3.05) is 12.9 Å². The molecule has 2 aromatic carbocycles. The molecule has 3 rings (SSSR count). The Balaban J connectivity index is 2.27. The summed E-state index contributed by atoms with van der Waals surface area (Å²) in [6.45, 7) is 6.29. The molecule has 0 radical (unpaired) electrons. The van der Waals surface area contributed by atoms with E-state index in [4.69, 9.17) is 4.74 Å². The van der Waals surface area contributed by atoms with Crippen LogP contribution in [0.4, 0.5) is 0 Å². The van der Waals surface area contributed by atoms with Crippen molar-refractivity contribution in [3.8, 4) is 5.75 Å². The number of unbranched alkanes of at least 4 members (excludes halogenated alkanes) is 1. The Labute approximate surface area is 187 Å². The van der Waals surface area contributed by atoms with Crippen molar-refractivity contribution in [2.45, 2.75) is 69.4 Å². The van der Waals surface area contributed by atoms with Gasteiger partial charge in [-0.3, -0.25) is 5.32 Å². The van der Waals surface area contributed by atoms with E-state index in [1.807, 2.05) is 36.4 Å². The average molecular weight is 442 g/mol. The number of methoxy groups -OCH3 is 1. The maximum atomic E-state index is 13.7. The average Bonchev–Trinajstić information content (AvgIpc) is 2.88. The van der Waals surface area contributed by atoms with Crippen LogP contribution in [0, 0.1) is 0 Å². The fourth-order valence-electron chi connectivity index (χ4n) is 4.45. The first kappa shape index (κ1) is 23.6. The van der Waals surface area contributed by atoms with E-state index in [1.54, 1.807) is 13.2 Å². The zero-order valence-corrected chi connectivity index (χ0v) is 20.0. The van der Waals surface area contributed by atoms with Crippen LogP contribution in [-0.2, 0) is 9.84 Å². The lowest BCUT2D eigenvalue weighted by Gasteiger charge is -2.36. The molecule has 0 unspecified atom stereocenters. The van der Waals surface area contributed by atoms with Crippen molar-refractivity contribution in [2.24, 2.45) is 0 Å². The van der Waals surface area contributed by atoms with Crippen LogP contribution in [0.25, 0.3) is 6.08 Å². The molecule has 0 saturated carbocycles. The SMILES string of the molecule is CCC=Cc1cc2c(cc1OC)[C@@H](c1ccccc1)N[C@](CC)(CCCC)CS2(=O)=O. The minimum atomic E-state index is -3.49. The molecular formula is C26H35NO3S. The largest absolute Gasteiger partial charge is 0.496 e. The first-order chi connectivity index (χ1) is 14.9. The van der Waals surface area contributed by atoms with Crippen molar-refractivity contribution in [3.05, 3.63) is 65.2 Å². The maximum Gasteiger partial charge on any atom is 0.180 e. The molecular weight excluding hydrogens is 406 g/mol. The zero-order chi connectivity index (χ0) is 22.5. The standard InChI is InChI=1S/C26H35NO3S/c1-5-8-13-21-17-24-22(18-23(21)30-4)25(20-14-11-10-12-15-20)27-26(7-3,16-9-6-2)19-31(24,28)29/h8,10-15,17-18,25,27H,5-7,9,16,19H2,1-4H3/t25-,26-/m1/s1. The van der Waals surface area contributed by atoms with E-state index in [1.165, 1.54) is 0 Å². The van der Waals surface area contributed by atoms with Crippen LogP contribution in [0.3, 0.4) is 0 Å². The quantitative estimate of drug-likeness (QED) is 0.552. The summed E-state index contributed by atoms with van der Waals surface area (Å²) in [5.41, 5.74) is 2.16. The van der Waals surface area contributed by atoms with E-state index in [0.717, 1.165) is 48.8 Å². The van der Waals surface area contributed by atoms with E-state index in [9.17, 15) is 8.42 Å². The second-order valence-corrected chi connectivity index (χ2v) is 10.4. The Morgan fingerprint density at radius 3 is 2.52 bits per heavy atom. The summed E-state index contributed by atoms with van der Waals surface area (Å²) >= 11 is 0. The minimum Gasteiger partial charge on any atom is -0.496 e. The van der Waals surface area contributed by atoms with Crippen LogP contribution < -0.4 is 10.1 Å². The number of fused-ring (bicyclic) bond motifs is 1. The van der Waals surface area contributed by atoms with Crippen molar-refractivity contribution < 1.29 is 13.2 Å². The molecule has 4 nitrogen and oxygen atoms in total. The van der Waals surface area contributed by atoms with Crippen LogP contribution in [0.5, 0.6) is 5.75 Å². The summed E-state index contributed by atoms with van der Waals surface area (Å²) in [4.78, 5) is 0.414. The smallest absolute Gasteiger partial charge is 0.180 e. The molecule has 168 valence electrons. The number of benzene rings is 2. The van der Waals surface area contributed by atoms with Crippen molar-refractivity contribution >= 4 is 15.9 Å². The summed E-state index contributed by atoms with van der Waals surface area (Å²) in [5.74, 6) is 0.801. The summed E-state index contributed by atoms with van der Waals surface area (Å²) in [6.07, 6.45) is 8.46. The number of ether oxygens (including phenoxy) is 1. The van der Waals surface area contributed by atoms with Gasteiger partial charge in [-0.25, -0.2) is 8.42 Å². The molecule has 5 heteroatoms. The Bertz CT molecular complexity index is 1010. The highest BCUT2D eigenvalue weighted by atomic mass is 32.2. The molecule has 0 bridgehead atoms. The van der Waals surface area contributed by atoms with Crippen molar-refractivity contribution in [1.82, 2.24) is 5.32 Å². The molecule has 0 aliphatic carbocycles. The van der Waals surface area contributed by atoms with Gasteiger partial charge in [-0.15, -0.1) is 0 Å². The highest BCUT2D eigenvalue weighted by molar-refractivity contribution is 7.91. The number of allylic oxidation sites excluding steroid dienone is 1. The number of sulfone groups is 1.